The lowest BCUT2D eigenvalue weighted by Crippen LogP contribution is -2.27. The molecule has 4 nitrogen and oxygen atoms in total. The molecule has 1 atom stereocenters. The van der Waals surface area contributed by atoms with Crippen molar-refractivity contribution < 1.29 is 13.2 Å². The highest BCUT2D eigenvalue weighted by molar-refractivity contribution is 7.92. The van der Waals surface area contributed by atoms with Gasteiger partial charge in [-0.05, 0) is 19.3 Å². The van der Waals surface area contributed by atoms with Crippen LogP contribution in [-0.4, -0.2) is 25.5 Å². The van der Waals surface area contributed by atoms with Crippen LogP contribution in [0.25, 0.3) is 0 Å². The summed E-state index contributed by atoms with van der Waals surface area (Å²) in [5.41, 5.74) is 0. The minimum Gasteiger partial charge on any atom is -0.229 e. The van der Waals surface area contributed by atoms with Crippen LogP contribution in [0.5, 0.6) is 0 Å². The SMILES string of the molecule is O=C=N/C=C\CC1CCCCS1(=O)=O. The second kappa shape index (κ2) is 5.08. The van der Waals surface area contributed by atoms with Crippen molar-refractivity contribution in [2.45, 2.75) is 30.9 Å². The molecule has 0 spiro atoms. The summed E-state index contributed by atoms with van der Waals surface area (Å²) >= 11 is 0. The van der Waals surface area contributed by atoms with Gasteiger partial charge in [-0.25, -0.2) is 13.2 Å². The van der Waals surface area contributed by atoms with Gasteiger partial charge >= 0.3 is 0 Å². The first-order valence-electron chi connectivity index (χ1n) is 4.60. The van der Waals surface area contributed by atoms with Crippen LogP contribution in [0, 0.1) is 0 Å². The maximum Gasteiger partial charge on any atom is 0.239 e. The van der Waals surface area contributed by atoms with Crippen molar-refractivity contribution in [1.29, 1.82) is 0 Å². The molecule has 0 saturated carbocycles. The van der Waals surface area contributed by atoms with Gasteiger partial charge < -0.3 is 0 Å². The summed E-state index contributed by atoms with van der Waals surface area (Å²) in [6.07, 6.45) is 7.19. The van der Waals surface area contributed by atoms with Crippen LogP contribution in [0.4, 0.5) is 0 Å². The first kappa shape index (κ1) is 11.1. The zero-order valence-electron chi connectivity index (χ0n) is 7.85. The van der Waals surface area contributed by atoms with Gasteiger partial charge in [0.1, 0.15) is 0 Å². The van der Waals surface area contributed by atoms with Crippen LogP contribution in [0.1, 0.15) is 25.7 Å². The van der Waals surface area contributed by atoms with Crippen molar-refractivity contribution in [1.82, 2.24) is 0 Å². The number of allylic oxidation sites excluding steroid dienone is 1. The molecule has 1 saturated heterocycles. The molecule has 0 aliphatic carbocycles. The third-order valence-electron chi connectivity index (χ3n) is 2.34. The molecule has 0 aromatic heterocycles. The fourth-order valence-corrected chi connectivity index (χ4v) is 3.45. The van der Waals surface area contributed by atoms with Crippen LogP contribution in [0.15, 0.2) is 17.3 Å². The molecule has 0 bridgehead atoms. The van der Waals surface area contributed by atoms with E-state index in [0.29, 0.717) is 12.2 Å². The molecular weight excluding hydrogens is 202 g/mol. The standard InChI is InChI=1S/C9H13NO3S/c11-8-10-6-3-5-9-4-1-2-7-14(9,12)13/h3,6,9H,1-2,4-5,7H2/b6-3-. The topological polar surface area (TPSA) is 63.6 Å². The molecule has 0 N–H and O–H groups in total. The van der Waals surface area contributed by atoms with E-state index in [9.17, 15) is 13.2 Å². The molecule has 0 radical (unpaired) electrons. The molecular formula is C9H13NO3S. The summed E-state index contributed by atoms with van der Waals surface area (Å²) in [4.78, 5) is 12.9. The fourth-order valence-electron chi connectivity index (χ4n) is 1.58. The lowest BCUT2D eigenvalue weighted by molar-refractivity contribution is 0.540. The molecule has 0 aromatic rings. The zero-order chi connectivity index (χ0) is 10.4. The second-order valence-electron chi connectivity index (χ2n) is 3.33. The average Bonchev–Trinajstić information content (AvgIpc) is 2.14. The Morgan fingerprint density at radius 3 is 2.86 bits per heavy atom. The Morgan fingerprint density at radius 2 is 2.21 bits per heavy atom. The number of nitrogens with zero attached hydrogens (tertiary/aromatic N) is 1. The number of rotatable bonds is 3. The van der Waals surface area contributed by atoms with Gasteiger partial charge in [-0.15, -0.1) is 0 Å². The van der Waals surface area contributed by atoms with Crippen molar-refractivity contribution in [3.8, 4) is 0 Å². The molecule has 78 valence electrons. The van der Waals surface area contributed by atoms with Crippen molar-refractivity contribution in [2.75, 3.05) is 5.75 Å². The molecule has 5 heteroatoms. The smallest absolute Gasteiger partial charge is 0.229 e. The Bertz CT molecular complexity index is 352. The monoisotopic (exact) mass is 215 g/mol. The molecule has 1 aliphatic heterocycles. The average molecular weight is 215 g/mol. The zero-order valence-corrected chi connectivity index (χ0v) is 8.66. The molecule has 0 amide bonds. The highest BCUT2D eigenvalue weighted by Crippen LogP contribution is 2.22. The van der Waals surface area contributed by atoms with E-state index in [-0.39, 0.29) is 5.25 Å². The predicted octanol–water partition coefficient (Wildman–Crippen LogP) is 1.19. The van der Waals surface area contributed by atoms with E-state index >= 15 is 0 Å². The Balaban J connectivity index is 2.54. The fraction of sp³-hybridized carbons (Fsp3) is 0.667. The van der Waals surface area contributed by atoms with E-state index in [0.717, 1.165) is 19.3 Å². The molecule has 14 heavy (non-hydrogen) atoms. The summed E-state index contributed by atoms with van der Waals surface area (Å²) in [7, 11) is -2.90. The van der Waals surface area contributed by atoms with E-state index in [4.69, 9.17) is 0 Å². The summed E-state index contributed by atoms with van der Waals surface area (Å²) in [6, 6.07) is 0. The Labute approximate surface area is 83.6 Å². The quantitative estimate of drug-likeness (QED) is 0.524. The maximum atomic E-state index is 11.5. The first-order chi connectivity index (χ1) is 6.67. The summed E-state index contributed by atoms with van der Waals surface area (Å²) in [6.45, 7) is 0. The Morgan fingerprint density at radius 1 is 1.43 bits per heavy atom. The van der Waals surface area contributed by atoms with Crippen molar-refractivity contribution >= 4 is 15.9 Å². The van der Waals surface area contributed by atoms with Crippen molar-refractivity contribution in [2.24, 2.45) is 4.99 Å². The number of carbonyl (C=O) groups excluding carboxylic acids is 1. The van der Waals surface area contributed by atoms with E-state index < -0.39 is 9.84 Å². The van der Waals surface area contributed by atoms with Crippen molar-refractivity contribution in [3.05, 3.63) is 12.3 Å². The van der Waals surface area contributed by atoms with E-state index in [1.165, 1.54) is 12.3 Å². The molecule has 1 rings (SSSR count). The molecule has 0 aromatic carbocycles. The third-order valence-corrected chi connectivity index (χ3v) is 4.65. The van der Waals surface area contributed by atoms with E-state index in [1.807, 2.05) is 0 Å². The highest BCUT2D eigenvalue weighted by Gasteiger charge is 2.27. The number of isocyanates is 1. The van der Waals surface area contributed by atoms with Crippen LogP contribution < -0.4 is 0 Å². The van der Waals surface area contributed by atoms with Crippen LogP contribution in [0.3, 0.4) is 0 Å². The summed E-state index contributed by atoms with van der Waals surface area (Å²) < 4.78 is 23.0. The first-order valence-corrected chi connectivity index (χ1v) is 6.32. The predicted molar refractivity (Wildman–Crippen MR) is 53.3 cm³/mol. The van der Waals surface area contributed by atoms with Crippen LogP contribution in [0.2, 0.25) is 0 Å². The van der Waals surface area contributed by atoms with Crippen molar-refractivity contribution in [3.63, 3.8) is 0 Å². The summed E-state index contributed by atoms with van der Waals surface area (Å²) in [5, 5.41) is -0.283. The molecule has 1 fully saturated rings. The molecule has 1 heterocycles. The van der Waals surface area contributed by atoms with Gasteiger partial charge in [-0.3, -0.25) is 0 Å². The Hall–Kier alpha value is -0.930. The Kier molecular flexibility index (Phi) is 4.04. The lowest BCUT2D eigenvalue weighted by Gasteiger charge is -2.20. The van der Waals surface area contributed by atoms with Gasteiger partial charge in [0.05, 0.1) is 11.0 Å². The summed E-state index contributed by atoms with van der Waals surface area (Å²) in [5.74, 6) is 0.294. The number of hydrogen-bond donors (Lipinski definition) is 0. The number of aliphatic imine (C=N–C) groups is 1. The van der Waals surface area contributed by atoms with Gasteiger partial charge in [0, 0.05) is 6.20 Å². The molecule has 1 unspecified atom stereocenters. The maximum absolute atomic E-state index is 11.5. The highest BCUT2D eigenvalue weighted by atomic mass is 32.2. The van der Waals surface area contributed by atoms with Gasteiger partial charge in [0.15, 0.2) is 9.84 Å². The minimum absolute atomic E-state index is 0.283. The van der Waals surface area contributed by atoms with E-state index in [1.54, 1.807) is 6.08 Å². The van der Waals surface area contributed by atoms with Gasteiger partial charge in [0.2, 0.25) is 6.08 Å². The van der Waals surface area contributed by atoms with Gasteiger partial charge in [-0.1, -0.05) is 12.5 Å². The normalized spacial score (nSPS) is 25.9. The molecule has 1 aliphatic rings. The largest absolute Gasteiger partial charge is 0.239 e. The lowest BCUT2D eigenvalue weighted by atomic mass is 10.1. The van der Waals surface area contributed by atoms with Gasteiger partial charge in [0.25, 0.3) is 0 Å². The number of sulfone groups is 1. The van der Waals surface area contributed by atoms with Crippen LogP contribution >= 0.6 is 0 Å². The minimum atomic E-state index is -2.90. The third kappa shape index (κ3) is 3.09. The van der Waals surface area contributed by atoms with E-state index in [2.05, 4.69) is 4.99 Å². The second-order valence-corrected chi connectivity index (χ2v) is 5.73. The number of hydrogen-bond acceptors (Lipinski definition) is 4. The van der Waals surface area contributed by atoms with Gasteiger partial charge in [-0.2, -0.15) is 4.99 Å². The van der Waals surface area contributed by atoms with Crippen LogP contribution in [-0.2, 0) is 14.6 Å².